The van der Waals surface area contributed by atoms with Gasteiger partial charge >= 0.3 is 5.97 Å². The van der Waals surface area contributed by atoms with Crippen LogP contribution in [-0.2, 0) is 14.3 Å². The Morgan fingerprint density at radius 3 is 2.72 bits per heavy atom. The maximum Gasteiger partial charge on any atom is 0.338 e. The molecular weight excluding hydrogens is 378 g/mol. The highest BCUT2D eigenvalue weighted by atomic mass is 16.6. The molecule has 1 aliphatic rings. The molecule has 150 valence electrons. The molecule has 29 heavy (non-hydrogen) atoms. The Labute approximate surface area is 166 Å². The minimum Gasteiger partial charge on any atom is -0.452 e. The van der Waals surface area contributed by atoms with Crippen molar-refractivity contribution in [3.8, 4) is 0 Å². The van der Waals surface area contributed by atoms with E-state index in [9.17, 15) is 24.5 Å². The van der Waals surface area contributed by atoms with Gasteiger partial charge in [0.05, 0.1) is 21.9 Å². The van der Waals surface area contributed by atoms with Crippen molar-refractivity contribution in [2.75, 3.05) is 16.8 Å². The van der Waals surface area contributed by atoms with Gasteiger partial charge < -0.3 is 15.0 Å². The van der Waals surface area contributed by atoms with Gasteiger partial charge in [-0.2, -0.15) is 0 Å². The second kappa shape index (κ2) is 8.09. The van der Waals surface area contributed by atoms with Gasteiger partial charge in [-0.15, -0.1) is 0 Å². The SMILES string of the molecule is Cc1ccc(C(=O)OCC(=O)N2c3ccccc3NC(=O)C[C@@H]2C)cc1[N+](=O)[O-]. The molecule has 1 atom stereocenters. The number of anilines is 2. The number of ether oxygens (including phenoxy) is 1. The molecule has 2 amide bonds. The van der Waals surface area contributed by atoms with E-state index >= 15 is 0 Å². The lowest BCUT2D eigenvalue weighted by atomic mass is 10.1. The smallest absolute Gasteiger partial charge is 0.338 e. The molecule has 1 aliphatic heterocycles. The first-order valence-corrected chi connectivity index (χ1v) is 8.91. The molecule has 0 radical (unpaired) electrons. The lowest BCUT2D eigenvalue weighted by Gasteiger charge is -2.27. The zero-order valence-corrected chi connectivity index (χ0v) is 15.9. The number of nitrogens with one attached hydrogen (secondary N) is 1. The van der Waals surface area contributed by atoms with Crippen LogP contribution in [0.25, 0.3) is 0 Å². The van der Waals surface area contributed by atoms with Crippen molar-refractivity contribution in [2.45, 2.75) is 26.3 Å². The first-order valence-electron chi connectivity index (χ1n) is 8.91. The van der Waals surface area contributed by atoms with Gasteiger partial charge in [-0.05, 0) is 32.0 Å². The molecule has 1 heterocycles. The van der Waals surface area contributed by atoms with Crippen LogP contribution in [0.15, 0.2) is 42.5 Å². The van der Waals surface area contributed by atoms with Crippen molar-refractivity contribution in [2.24, 2.45) is 0 Å². The minimum absolute atomic E-state index is 0.0174. The first kappa shape index (κ1) is 20.0. The van der Waals surface area contributed by atoms with Crippen LogP contribution in [0.1, 0.15) is 29.3 Å². The Morgan fingerprint density at radius 2 is 2.00 bits per heavy atom. The van der Waals surface area contributed by atoms with E-state index in [-0.39, 0.29) is 23.6 Å². The third kappa shape index (κ3) is 4.23. The average Bonchev–Trinajstić information content (AvgIpc) is 2.80. The molecular formula is C20H19N3O6. The minimum atomic E-state index is -0.841. The van der Waals surface area contributed by atoms with Gasteiger partial charge in [0.15, 0.2) is 6.61 Å². The number of nitrogens with zero attached hydrogens (tertiary/aromatic N) is 2. The molecule has 0 fully saturated rings. The molecule has 9 nitrogen and oxygen atoms in total. The summed E-state index contributed by atoms with van der Waals surface area (Å²) in [6.45, 7) is 2.72. The number of benzene rings is 2. The number of rotatable bonds is 4. The molecule has 1 N–H and O–H groups in total. The number of amides is 2. The second-order valence-corrected chi connectivity index (χ2v) is 6.72. The Bertz CT molecular complexity index is 1000. The normalized spacial score (nSPS) is 15.7. The van der Waals surface area contributed by atoms with Crippen molar-refractivity contribution in [3.05, 3.63) is 63.7 Å². The van der Waals surface area contributed by atoms with Gasteiger partial charge in [0.1, 0.15) is 0 Å². The summed E-state index contributed by atoms with van der Waals surface area (Å²) in [6.07, 6.45) is 0.0958. The summed E-state index contributed by atoms with van der Waals surface area (Å²) in [5.41, 5.74) is 1.20. The van der Waals surface area contributed by atoms with E-state index in [4.69, 9.17) is 4.74 Å². The van der Waals surface area contributed by atoms with Crippen LogP contribution in [0.3, 0.4) is 0 Å². The summed E-state index contributed by atoms with van der Waals surface area (Å²) in [5, 5.41) is 13.8. The Morgan fingerprint density at radius 1 is 1.28 bits per heavy atom. The van der Waals surface area contributed by atoms with Gasteiger partial charge in [0.2, 0.25) is 5.91 Å². The number of hydrogen-bond acceptors (Lipinski definition) is 6. The largest absolute Gasteiger partial charge is 0.452 e. The highest BCUT2D eigenvalue weighted by Crippen LogP contribution is 2.31. The zero-order valence-electron chi connectivity index (χ0n) is 15.9. The molecule has 0 bridgehead atoms. The predicted octanol–water partition coefficient (Wildman–Crippen LogP) is 2.82. The van der Waals surface area contributed by atoms with Crippen LogP contribution in [0.2, 0.25) is 0 Å². The molecule has 0 saturated carbocycles. The highest BCUT2D eigenvalue weighted by molar-refractivity contribution is 6.05. The van der Waals surface area contributed by atoms with Crippen molar-refractivity contribution in [1.82, 2.24) is 0 Å². The Kier molecular flexibility index (Phi) is 5.58. The van der Waals surface area contributed by atoms with Crippen LogP contribution in [0.5, 0.6) is 0 Å². The molecule has 0 spiro atoms. The van der Waals surface area contributed by atoms with E-state index in [1.165, 1.54) is 17.0 Å². The highest BCUT2D eigenvalue weighted by Gasteiger charge is 2.30. The van der Waals surface area contributed by atoms with Gasteiger partial charge in [-0.1, -0.05) is 18.2 Å². The molecule has 9 heteroatoms. The fourth-order valence-electron chi connectivity index (χ4n) is 3.18. The van der Waals surface area contributed by atoms with E-state index in [0.717, 1.165) is 6.07 Å². The van der Waals surface area contributed by atoms with E-state index < -0.39 is 29.4 Å². The third-order valence-corrected chi connectivity index (χ3v) is 4.60. The second-order valence-electron chi connectivity index (χ2n) is 6.72. The number of aryl methyl sites for hydroxylation is 1. The fraction of sp³-hybridized carbons (Fsp3) is 0.250. The van der Waals surface area contributed by atoms with Crippen LogP contribution in [0.4, 0.5) is 17.1 Å². The summed E-state index contributed by atoms with van der Waals surface area (Å²) >= 11 is 0. The van der Waals surface area contributed by atoms with Crippen molar-refractivity contribution >= 4 is 34.8 Å². The topological polar surface area (TPSA) is 119 Å². The summed E-state index contributed by atoms with van der Waals surface area (Å²) in [5.74, 6) is -1.56. The molecule has 0 saturated heterocycles. The van der Waals surface area contributed by atoms with Crippen LogP contribution in [-0.4, -0.2) is 35.4 Å². The van der Waals surface area contributed by atoms with Crippen LogP contribution in [0, 0.1) is 17.0 Å². The summed E-state index contributed by atoms with van der Waals surface area (Å²) in [7, 11) is 0. The number of esters is 1. The third-order valence-electron chi connectivity index (χ3n) is 4.60. The van der Waals surface area contributed by atoms with E-state index in [0.29, 0.717) is 16.9 Å². The van der Waals surface area contributed by atoms with Gasteiger partial charge in [0.25, 0.3) is 11.6 Å². The summed E-state index contributed by atoms with van der Waals surface area (Å²) in [4.78, 5) is 48.9. The molecule has 0 aliphatic carbocycles. The number of nitro groups is 1. The number of carbonyl (C=O) groups is 3. The quantitative estimate of drug-likeness (QED) is 0.481. The van der Waals surface area contributed by atoms with E-state index in [1.807, 2.05) is 0 Å². The zero-order chi connectivity index (χ0) is 21.1. The molecule has 2 aromatic carbocycles. The summed E-state index contributed by atoms with van der Waals surface area (Å²) < 4.78 is 5.09. The van der Waals surface area contributed by atoms with E-state index in [1.54, 1.807) is 38.1 Å². The standard InChI is InChI=1S/C20H19N3O6/c1-12-7-8-14(10-17(12)23(27)28)20(26)29-11-19(25)22-13(2)9-18(24)21-15-5-3-4-6-16(15)22/h3-8,10,13H,9,11H2,1-2H3,(H,21,24)/t13-/m0/s1. The lowest BCUT2D eigenvalue weighted by Crippen LogP contribution is -2.41. The fourth-order valence-corrected chi connectivity index (χ4v) is 3.18. The summed E-state index contributed by atoms with van der Waals surface area (Å²) in [6, 6.07) is 10.4. The van der Waals surface area contributed by atoms with Crippen molar-refractivity contribution in [3.63, 3.8) is 0 Å². The van der Waals surface area contributed by atoms with Crippen molar-refractivity contribution in [1.29, 1.82) is 0 Å². The monoisotopic (exact) mass is 397 g/mol. The lowest BCUT2D eigenvalue weighted by molar-refractivity contribution is -0.385. The van der Waals surface area contributed by atoms with Gasteiger partial charge in [-0.25, -0.2) is 4.79 Å². The Balaban J connectivity index is 1.77. The molecule has 2 aromatic rings. The van der Waals surface area contributed by atoms with Gasteiger partial charge in [-0.3, -0.25) is 19.7 Å². The number of hydrogen-bond donors (Lipinski definition) is 1. The number of para-hydroxylation sites is 2. The van der Waals surface area contributed by atoms with Crippen molar-refractivity contribution < 1.29 is 24.0 Å². The Hall–Kier alpha value is -3.75. The molecule has 0 unspecified atom stereocenters. The first-order chi connectivity index (χ1) is 13.8. The predicted molar refractivity (Wildman–Crippen MR) is 105 cm³/mol. The molecule has 3 rings (SSSR count). The number of nitro benzene ring substituents is 1. The number of fused-ring (bicyclic) bond motifs is 1. The van der Waals surface area contributed by atoms with Crippen LogP contribution >= 0.6 is 0 Å². The molecule has 0 aromatic heterocycles. The van der Waals surface area contributed by atoms with Gasteiger partial charge in [0, 0.05) is 24.1 Å². The van der Waals surface area contributed by atoms with Crippen LogP contribution < -0.4 is 10.2 Å². The maximum absolute atomic E-state index is 12.8. The average molecular weight is 397 g/mol. The number of carbonyl (C=O) groups excluding carboxylic acids is 3. The maximum atomic E-state index is 12.8. The van der Waals surface area contributed by atoms with E-state index in [2.05, 4.69) is 5.32 Å².